The summed E-state index contributed by atoms with van der Waals surface area (Å²) in [6.07, 6.45) is 2.15. The van der Waals surface area contributed by atoms with Crippen LogP contribution >= 0.6 is 0 Å². The van der Waals surface area contributed by atoms with Crippen molar-refractivity contribution in [1.82, 2.24) is 9.21 Å². The summed E-state index contributed by atoms with van der Waals surface area (Å²) in [6, 6.07) is 12.3. The molecule has 0 bridgehead atoms. The van der Waals surface area contributed by atoms with Crippen LogP contribution in [0.15, 0.2) is 53.4 Å². The molecule has 7 nitrogen and oxygen atoms in total. The van der Waals surface area contributed by atoms with E-state index in [1.807, 2.05) is 36.1 Å². The van der Waals surface area contributed by atoms with Gasteiger partial charge in [-0.3, -0.25) is 4.79 Å². The summed E-state index contributed by atoms with van der Waals surface area (Å²) in [5.41, 5.74) is 0. The Hall–Kier alpha value is -2.65. The van der Waals surface area contributed by atoms with Crippen LogP contribution in [0.4, 0.5) is 4.39 Å². The predicted molar refractivity (Wildman–Crippen MR) is 123 cm³/mol. The first kappa shape index (κ1) is 25.0. The summed E-state index contributed by atoms with van der Waals surface area (Å²) in [5.74, 6) is 0.957. The predicted octanol–water partition coefficient (Wildman–Crippen LogP) is 3.70. The standard InChI is InChI=1S/C24H31FN2O5S/c1-3-31-22-7-4-5-8-23(22)32-20-14-17-27(18-15-20)24(28)9-6-16-26(2)33(29,30)21-12-10-19(25)11-13-21/h4-5,7-8,10-13,20H,3,6,9,14-18H2,1-2H3. The zero-order valence-electron chi connectivity index (χ0n) is 19.1. The molecule has 9 heteroatoms. The molecule has 1 fully saturated rings. The molecular weight excluding hydrogens is 447 g/mol. The molecule has 0 atom stereocenters. The number of piperidine rings is 1. The average molecular weight is 479 g/mol. The maximum Gasteiger partial charge on any atom is 0.242 e. The molecule has 1 amide bonds. The minimum atomic E-state index is -3.71. The van der Waals surface area contributed by atoms with Crippen molar-refractivity contribution < 1.29 is 27.1 Å². The molecule has 0 aromatic heterocycles. The van der Waals surface area contributed by atoms with Crippen LogP contribution in [-0.4, -0.2) is 62.9 Å². The van der Waals surface area contributed by atoms with Crippen molar-refractivity contribution in [2.24, 2.45) is 0 Å². The maximum absolute atomic E-state index is 13.1. The van der Waals surface area contributed by atoms with Crippen molar-refractivity contribution in [1.29, 1.82) is 0 Å². The van der Waals surface area contributed by atoms with Gasteiger partial charge in [0.05, 0.1) is 11.5 Å². The molecule has 2 aromatic carbocycles. The first-order valence-electron chi connectivity index (χ1n) is 11.2. The fourth-order valence-electron chi connectivity index (χ4n) is 3.74. The number of halogens is 1. The van der Waals surface area contributed by atoms with Gasteiger partial charge in [0.25, 0.3) is 0 Å². The van der Waals surface area contributed by atoms with Crippen molar-refractivity contribution in [3.8, 4) is 11.5 Å². The minimum Gasteiger partial charge on any atom is -0.490 e. The van der Waals surface area contributed by atoms with E-state index in [1.54, 1.807) is 0 Å². The zero-order valence-corrected chi connectivity index (χ0v) is 19.9. The molecule has 0 radical (unpaired) electrons. The van der Waals surface area contributed by atoms with Crippen molar-refractivity contribution in [3.63, 3.8) is 0 Å². The van der Waals surface area contributed by atoms with Gasteiger partial charge in [-0.1, -0.05) is 12.1 Å². The normalized spacial score (nSPS) is 15.0. The molecule has 1 saturated heterocycles. The Balaban J connectivity index is 1.43. The van der Waals surface area contributed by atoms with E-state index in [1.165, 1.54) is 23.5 Å². The van der Waals surface area contributed by atoms with Crippen LogP contribution in [0.3, 0.4) is 0 Å². The number of hydrogen-bond acceptors (Lipinski definition) is 5. The monoisotopic (exact) mass is 478 g/mol. The Kier molecular flexibility index (Phi) is 8.68. The largest absolute Gasteiger partial charge is 0.490 e. The summed E-state index contributed by atoms with van der Waals surface area (Å²) in [7, 11) is -2.24. The number of para-hydroxylation sites is 2. The lowest BCUT2D eigenvalue weighted by atomic mass is 10.1. The second-order valence-electron chi connectivity index (χ2n) is 7.96. The summed E-state index contributed by atoms with van der Waals surface area (Å²) >= 11 is 0. The highest BCUT2D eigenvalue weighted by Gasteiger charge is 2.25. The highest BCUT2D eigenvalue weighted by atomic mass is 32.2. The molecule has 2 aromatic rings. The number of likely N-dealkylation sites (tertiary alicyclic amines) is 1. The van der Waals surface area contributed by atoms with E-state index in [0.29, 0.717) is 26.1 Å². The highest BCUT2D eigenvalue weighted by Crippen LogP contribution is 2.29. The van der Waals surface area contributed by atoms with E-state index in [2.05, 4.69) is 0 Å². The van der Waals surface area contributed by atoms with E-state index in [4.69, 9.17) is 9.47 Å². The van der Waals surface area contributed by atoms with Crippen LogP contribution in [0.25, 0.3) is 0 Å². The van der Waals surface area contributed by atoms with Gasteiger partial charge < -0.3 is 14.4 Å². The number of ether oxygens (including phenoxy) is 2. The van der Waals surface area contributed by atoms with Crippen LogP contribution < -0.4 is 9.47 Å². The van der Waals surface area contributed by atoms with E-state index in [9.17, 15) is 17.6 Å². The van der Waals surface area contributed by atoms with E-state index >= 15 is 0 Å². The third-order valence-corrected chi connectivity index (χ3v) is 7.49. The molecule has 3 rings (SSSR count). The number of hydrogen-bond donors (Lipinski definition) is 0. The lowest BCUT2D eigenvalue weighted by Gasteiger charge is -2.32. The van der Waals surface area contributed by atoms with Crippen LogP contribution in [0, 0.1) is 5.82 Å². The molecule has 0 aliphatic carbocycles. The van der Waals surface area contributed by atoms with Crippen LogP contribution in [-0.2, 0) is 14.8 Å². The molecular formula is C24H31FN2O5S. The van der Waals surface area contributed by atoms with Gasteiger partial charge >= 0.3 is 0 Å². The first-order chi connectivity index (χ1) is 15.8. The molecule has 1 aliphatic rings. The Bertz CT molecular complexity index is 1020. The van der Waals surface area contributed by atoms with E-state index in [-0.39, 0.29) is 29.9 Å². The van der Waals surface area contributed by atoms with Crippen molar-refractivity contribution in [2.45, 2.75) is 43.6 Å². The Morgan fingerprint density at radius 2 is 1.73 bits per heavy atom. The molecule has 0 unspecified atom stereocenters. The maximum atomic E-state index is 13.1. The molecule has 0 N–H and O–H groups in total. The van der Waals surface area contributed by atoms with Gasteiger partial charge in [0.15, 0.2) is 11.5 Å². The van der Waals surface area contributed by atoms with Gasteiger partial charge in [0.1, 0.15) is 11.9 Å². The fourth-order valence-corrected chi connectivity index (χ4v) is 4.95. The highest BCUT2D eigenvalue weighted by molar-refractivity contribution is 7.89. The molecule has 0 spiro atoms. The lowest BCUT2D eigenvalue weighted by Crippen LogP contribution is -2.42. The molecule has 0 saturated carbocycles. The molecule has 180 valence electrons. The van der Waals surface area contributed by atoms with Gasteiger partial charge in [-0.05, 0) is 49.7 Å². The number of amides is 1. The van der Waals surface area contributed by atoms with E-state index in [0.717, 1.165) is 36.5 Å². The second-order valence-corrected chi connectivity index (χ2v) is 10.0. The van der Waals surface area contributed by atoms with Crippen molar-refractivity contribution >= 4 is 15.9 Å². The Morgan fingerprint density at radius 1 is 1.09 bits per heavy atom. The SMILES string of the molecule is CCOc1ccccc1OC1CCN(C(=O)CCCN(C)S(=O)(=O)c2ccc(F)cc2)CC1. The number of carbonyl (C=O) groups excluding carboxylic acids is 1. The van der Waals surface area contributed by atoms with Gasteiger partial charge in [0, 0.05) is 45.9 Å². The average Bonchev–Trinajstić information content (AvgIpc) is 2.81. The number of nitrogens with zero attached hydrogens (tertiary/aromatic N) is 2. The summed E-state index contributed by atoms with van der Waals surface area (Å²) < 4.78 is 51.1. The zero-order chi connectivity index (χ0) is 23.8. The van der Waals surface area contributed by atoms with Crippen molar-refractivity contribution in [3.05, 3.63) is 54.3 Å². The molecule has 33 heavy (non-hydrogen) atoms. The van der Waals surface area contributed by atoms with Crippen LogP contribution in [0.5, 0.6) is 11.5 Å². The summed E-state index contributed by atoms with van der Waals surface area (Å²) in [5, 5.41) is 0. The van der Waals surface area contributed by atoms with Crippen molar-refractivity contribution in [2.75, 3.05) is 33.3 Å². The second kappa shape index (κ2) is 11.5. The number of sulfonamides is 1. The quantitative estimate of drug-likeness (QED) is 0.521. The van der Waals surface area contributed by atoms with Crippen LogP contribution in [0.2, 0.25) is 0 Å². The fraction of sp³-hybridized carbons (Fsp3) is 0.458. The van der Waals surface area contributed by atoms with Gasteiger partial charge in [-0.25, -0.2) is 17.1 Å². The van der Waals surface area contributed by atoms with Gasteiger partial charge in [-0.15, -0.1) is 0 Å². The topological polar surface area (TPSA) is 76.2 Å². The third-order valence-electron chi connectivity index (χ3n) is 5.62. The van der Waals surface area contributed by atoms with Gasteiger partial charge in [-0.2, -0.15) is 0 Å². The third kappa shape index (κ3) is 6.68. The smallest absolute Gasteiger partial charge is 0.242 e. The Morgan fingerprint density at radius 3 is 2.36 bits per heavy atom. The molecule has 1 aliphatic heterocycles. The molecule has 1 heterocycles. The summed E-state index contributed by atoms with van der Waals surface area (Å²) in [6.45, 7) is 3.90. The number of rotatable bonds is 10. The van der Waals surface area contributed by atoms with E-state index < -0.39 is 15.8 Å². The Labute approximate surface area is 195 Å². The van der Waals surface area contributed by atoms with Crippen LogP contribution in [0.1, 0.15) is 32.6 Å². The van der Waals surface area contributed by atoms with Gasteiger partial charge in [0.2, 0.25) is 15.9 Å². The lowest BCUT2D eigenvalue weighted by molar-refractivity contribution is -0.133. The summed E-state index contributed by atoms with van der Waals surface area (Å²) in [4.78, 5) is 14.4. The number of benzene rings is 2. The first-order valence-corrected chi connectivity index (χ1v) is 12.6. The number of carbonyl (C=O) groups is 1. The minimum absolute atomic E-state index is 0.00995.